The van der Waals surface area contributed by atoms with Crippen LogP contribution in [0.2, 0.25) is 5.02 Å². The Balaban J connectivity index is 1.68. The molecule has 0 saturated carbocycles. The number of imide groups is 1. The van der Waals surface area contributed by atoms with Gasteiger partial charge in [-0.05, 0) is 62.9 Å². The van der Waals surface area contributed by atoms with Crippen LogP contribution in [-0.4, -0.2) is 39.6 Å². The van der Waals surface area contributed by atoms with E-state index in [1.165, 1.54) is 9.58 Å². The van der Waals surface area contributed by atoms with Gasteiger partial charge in [-0.2, -0.15) is 0 Å². The first-order chi connectivity index (χ1) is 16.8. The molecule has 180 valence electrons. The van der Waals surface area contributed by atoms with Crippen molar-refractivity contribution in [1.29, 1.82) is 0 Å². The SMILES string of the molecule is Cc1ccc(N2C(=O)C(c3c(C)[nH]n(-c4cccc(Cl)c4)c3=O)=C(N3CCC(C)CC3)C2=O)cc1. The Kier molecular flexibility index (Phi) is 5.89. The highest BCUT2D eigenvalue weighted by molar-refractivity contribution is 6.45. The Bertz CT molecular complexity index is 1410. The largest absolute Gasteiger partial charge is 0.366 e. The van der Waals surface area contributed by atoms with E-state index in [1.54, 1.807) is 43.3 Å². The molecule has 3 heterocycles. The van der Waals surface area contributed by atoms with Crippen LogP contribution in [0.3, 0.4) is 0 Å². The second-order valence-electron chi connectivity index (χ2n) is 9.41. The number of nitrogens with zero attached hydrogens (tertiary/aromatic N) is 3. The maximum atomic E-state index is 13.9. The number of carbonyl (C=O) groups excluding carboxylic acids is 2. The summed E-state index contributed by atoms with van der Waals surface area (Å²) in [7, 11) is 0. The number of rotatable bonds is 4. The third-order valence-electron chi connectivity index (χ3n) is 6.84. The Labute approximate surface area is 208 Å². The Morgan fingerprint density at radius 3 is 2.26 bits per heavy atom. The Hall–Kier alpha value is -3.58. The molecule has 2 aliphatic heterocycles. The van der Waals surface area contributed by atoms with Crippen molar-refractivity contribution in [2.45, 2.75) is 33.6 Å². The molecule has 2 amide bonds. The average Bonchev–Trinajstić information content (AvgIpc) is 3.26. The first-order valence-electron chi connectivity index (χ1n) is 11.8. The normalized spacial score (nSPS) is 17.1. The molecule has 8 heteroatoms. The van der Waals surface area contributed by atoms with Crippen LogP contribution in [0.15, 0.2) is 59.0 Å². The lowest BCUT2D eigenvalue weighted by Crippen LogP contribution is -2.38. The summed E-state index contributed by atoms with van der Waals surface area (Å²) in [5.74, 6) is -0.326. The first-order valence-corrected chi connectivity index (χ1v) is 12.2. The van der Waals surface area contributed by atoms with Crippen molar-refractivity contribution < 1.29 is 9.59 Å². The molecule has 0 radical (unpaired) electrons. The molecule has 1 fully saturated rings. The van der Waals surface area contributed by atoms with Gasteiger partial charge in [0.15, 0.2) is 0 Å². The monoisotopic (exact) mass is 490 g/mol. The zero-order valence-corrected chi connectivity index (χ0v) is 20.7. The number of aryl methyl sites for hydroxylation is 2. The molecule has 7 nitrogen and oxygen atoms in total. The molecule has 1 aromatic heterocycles. The molecule has 0 spiro atoms. The van der Waals surface area contributed by atoms with Gasteiger partial charge in [-0.15, -0.1) is 0 Å². The van der Waals surface area contributed by atoms with Crippen molar-refractivity contribution in [3.05, 3.63) is 86.4 Å². The number of H-pyrrole nitrogens is 1. The number of anilines is 1. The van der Waals surface area contributed by atoms with Gasteiger partial charge >= 0.3 is 0 Å². The number of hydrogen-bond acceptors (Lipinski definition) is 4. The van der Waals surface area contributed by atoms with Crippen LogP contribution >= 0.6 is 11.6 Å². The van der Waals surface area contributed by atoms with E-state index in [9.17, 15) is 14.4 Å². The summed E-state index contributed by atoms with van der Waals surface area (Å²) in [5, 5.41) is 3.56. The maximum absolute atomic E-state index is 13.9. The number of aromatic amines is 1. The Morgan fingerprint density at radius 1 is 0.914 bits per heavy atom. The number of nitrogens with one attached hydrogen (secondary N) is 1. The van der Waals surface area contributed by atoms with Crippen LogP contribution in [0.5, 0.6) is 0 Å². The standard InChI is InChI=1S/C27H27ClN4O3/c1-16-7-9-20(10-8-16)31-25(33)23(24(27(31)35)30-13-11-17(2)12-14-30)22-18(3)29-32(26(22)34)21-6-4-5-19(28)15-21/h4-10,15,17,29H,11-14H2,1-3H3. The van der Waals surface area contributed by atoms with E-state index in [-0.39, 0.29) is 11.1 Å². The highest BCUT2D eigenvalue weighted by Crippen LogP contribution is 2.36. The minimum Gasteiger partial charge on any atom is -0.366 e. The van der Waals surface area contributed by atoms with Gasteiger partial charge < -0.3 is 4.90 Å². The fourth-order valence-electron chi connectivity index (χ4n) is 4.84. The van der Waals surface area contributed by atoms with Crippen LogP contribution < -0.4 is 10.5 Å². The van der Waals surface area contributed by atoms with Gasteiger partial charge in [0.05, 0.1) is 22.5 Å². The van der Waals surface area contributed by atoms with Crippen molar-refractivity contribution in [1.82, 2.24) is 14.7 Å². The van der Waals surface area contributed by atoms with Crippen molar-refractivity contribution in [2.24, 2.45) is 5.92 Å². The van der Waals surface area contributed by atoms with Crippen molar-refractivity contribution in [3.63, 3.8) is 0 Å². The summed E-state index contributed by atoms with van der Waals surface area (Å²) >= 11 is 6.15. The van der Waals surface area contributed by atoms with Gasteiger partial charge in [0.2, 0.25) is 0 Å². The smallest absolute Gasteiger partial charge is 0.282 e. The fraction of sp³-hybridized carbons (Fsp3) is 0.296. The molecule has 2 aliphatic rings. The van der Waals surface area contributed by atoms with E-state index in [2.05, 4.69) is 12.0 Å². The molecule has 0 atom stereocenters. The molecule has 1 N–H and O–H groups in total. The van der Waals surface area contributed by atoms with Gasteiger partial charge in [-0.3, -0.25) is 19.5 Å². The Morgan fingerprint density at radius 2 is 1.60 bits per heavy atom. The molecule has 1 saturated heterocycles. The summed E-state index contributed by atoms with van der Waals surface area (Å²) in [6, 6.07) is 14.2. The molecule has 2 aromatic carbocycles. The molecule has 5 rings (SSSR count). The first kappa shape index (κ1) is 23.2. The molecule has 0 aliphatic carbocycles. The van der Waals surface area contributed by atoms with E-state index in [4.69, 9.17) is 11.6 Å². The number of halogens is 1. The topological polar surface area (TPSA) is 78.4 Å². The van der Waals surface area contributed by atoms with Crippen molar-refractivity contribution in [3.8, 4) is 5.69 Å². The lowest BCUT2D eigenvalue weighted by molar-refractivity contribution is -0.120. The fourth-order valence-corrected chi connectivity index (χ4v) is 5.02. The van der Waals surface area contributed by atoms with Crippen LogP contribution in [0.25, 0.3) is 11.3 Å². The summed E-state index contributed by atoms with van der Waals surface area (Å²) in [6.07, 6.45) is 1.84. The predicted octanol–water partition coefficient (Wildman–Crippen LogP) is 4.45. The minimum absolute atomic E-state index is 0.157. The summed E-state index contributed by atoms with van der Waals surface area (Å²) in [6.45, 7) is 7.20. The number of likely N-dealkylation sites (tertiary alicyclic amines) is 1. The highest BCUT2D eigenvalue weighted by atomic mass is 35.5. The zero-order chi connectivity index (χ0) is 24.9. The number of hydrogen-bond donors (Lipinski definition) is 1. The van der Waals surface area contributed by atoms with Crippen molar-refractivity contribution in [2.75, 3.05) is 18.0 Å². The molecule has 0 bridgehead atoms. The third-order valence-corrected chi connectivity index (χ3v) is 7.07. The number of carbonyl (C=O) groups is 2. The van der Waals surface area contributed by atoms with Gasteiger partial charge in [0, 0.05) is 23.8 Å². The van der Waals surface area contributed by atoms with Gasteiger partial charge in [-0.25, -0.2) is 9.58 Å². The van der Waals surface area contributed by atoms with Gasteiger partial charge in [-0.1, -0.05) is 42.3 Å². The second-order valence-corrected chi connectivity index (χ2v) is 9.84. The molecule has 35 heavy (non-hydrogen) atoms. The van der Waals surface area contributed by atoms with Crippen LogP contribution in [0.1, 0.15) is 36.6 Å². The van der Waals surface area contributed by atoms with E-state index in [0.717, 1.165) is 18.4 Å². The number of aromatic nitrogens is 2. The minimum atomic E-state index is -0.482. The van der Waals surface area contributed by atoms with Crippen molar-refractivity contribution >= 4 is 34.7 Å². The lowest BCUT2D eigenvalue weighted by Gasteiger charge is -2.32. The predicted molar refractivity (Wildman–Crippen MR) is 137 cm³/mol. The van der Waals surface area contributed by atoms with E-state index in [0.29, 0.717) is 46.8 Å². The molecular formula is C27H27ClN4O3. The highest BCUT2D eigenvalue weighted by Gasteiger charge is 2.44. The number of amides is 2. The molecule has 0 unspecified atom stereocenters. The average molecular weight is 491 g/mol. The van der Waals surface area contributed by atoms with Crippen LogP contribution in [-0.2, 0) is 9.59 Å². The van der Waals surface area contributed by atoms with E-state index in [1.807, 2.05) is 24.0 Å². The quantitative estimate of drug-likeness (QED) is 0.548. The summed E-state index contributed by atoms with van der Waals surface area (Å²) < 4.78 is 1.37. The van der Waals surface area contributed by atoms with Gasteiger partial charge in [0.25, 0.3) is 17.4 Å². The molecular weight excluding hydrogens is 464 g/mol. The number of benzene rings is 2. The number of piperidine rings is 1. The summed E-state index contributed by atoms with van der Waals surface area (Å²) in [4.78, 5) is 44.5. The summed E-state index contributed by atoms with van der Waals surface area (Å²) in [5.41, 5.74) is 2.87. The van der Waals surface area contributed by atoms with Crippen LogP contribution in [0.4, 0.5) is 5.69 Å². The molecule has 3 aromatic rings. The zero-order valence-electron chi connectivity index (χ0n) is 20.0. The lowest BCUT2D eigenvalue weighted by atomic mass is 9.97. The van der Waals surface area contributed by atoms with Crippen LogP contribution in [0, 0.1) is 19.8 Å². The second kappa shape index (κ2) is 8.89. The van der Waals surface area contributed by atoms with E-state index >= 15 is 0 Å². The van der Waals surface area contributed by atoms with Gasteiger partial charge in [0.1, 0.15) is 5.70 Å². The van der Waals surface area contributed by atoms with E-state index < -0.39 is 17.4 Å². The maximum Gasteiger partial charge on any atom is 0.282 e. The third kappa shape index (κ3) is 4.00.